The smallest absolute Gasteiger partial charge is 0.00876 e. The predicted molar refractivity (Wildman–Crippen MR) is 168 cm³/mol. The molecular weight excluding hydrogens is 488 g/mol. The van der Waals surface area contributed by atoms with Gasteiger partial charge in [-0.25, -0.2) is 0 Å². The fourth-order valence-electron chi connectivity index (χ4n) is 13.7. The number of hydrogen-bond donors (Lipinski definition) is 0. The molecule has 0 aromatic rings. The lowest BCUT2D eigenvalue weighted by atomic mass is 9.48. The van der Waals surface area contributed by atoms with Gasteiger partial charge in [-0.05, 0) is 160 Å². The second-order valence-electron chi connectivity index (χ2n) is 17.6. The normalized spacial score (nSPS) is 56.2. The minimum atomic E-state index is 0.533. The summed E-state index contributed by atoms with van der Waals surface area (Å²) >= 11 is 2.46. The zero-order chi connectivity index (χ0) is 26.6. The van der Waals surface area contributed by atoms with Crippen LogP contribution in [0, 0.1) is 57.2 Å². The highest BCUT2D eigenvalue weighted by molar-refractivity contribution is 8.00. The standard InChI is InChI=1S/C38H58S/c1-35-17-5-7-31(35)29-11-9-25-23-27(13-21-37(25,3)33(29)15-19-35)39-28-14-22-38(4)26(24-28)10-12-30-32-8-6-18-36(32,2)20-16-34(30)38/h9-10,27-34H,5-8,11-24H2,1-4H3/t27-,28+,29-,30-,31+,32-,33+,34-,35-,36-,37-,38-/m0/s1. The first kappa shape index (κ1) is 26.5. The maximum atomic E-state index is 2.82. The molecular formula is C38H58S. The third-order valence-electron chi connectivity index (χ3n) is 16.1. The zero-order valence-corrected chi connectivity index (χ0v) is 26.7. The van der Waals surface area contributed by atoms with Gasteiger partial charge in [0, 0.05) is 10.5 Å². The van der Waals surface area contributed by atoms with Crippen LogP contribution >= 0.6 is 11.8 Å². The van der Waals surface area contributed by atoms with E-state index < -0.39 is 0 Å². The Morgan fingerprint density at radius 1 is 0.538 bits per heavy atom. The molecule has 0 heterocycles. The lowest BCUT2D eigenvalue weighted by Gasteiger charge is -2.58. The van der Waals surface area contributed by atoms with Crippen LogP contribution in [0.25, 0.3) is 0 Å². The van der Waals surface area contributed by atoms with Crippen LogP contribution in [0.5, 0.6) is 0 Å². The van der Waals surface area contributed by atoms with E-state index in [0.29, 0.717) is 21.7 Å². The first-order valence-electron chi connectivity index (χ1n) is 17.8. The van der Waals surface area contributed by atoms with Crippen LogP contribution in [0.15, 0.2) is 23.3 Å². The molecule has 6 fully saturated rings. The number of allylic oxidation sites excluding steroid dienone is 4. The van der Waals surface area contributed by atoms with Gasteiger partial charge in [0.25, 0.3) is 0 Å². The van der Waals surface area contributed by atoms with Crippen LogP contribution in [-0.2, 0) is 0 Å². The van der Waals surface area contributed by atoms with E-state index in [9.17, 15) is 0 Å². The molecule has 0 bridgehead atoms. The van der Waals surface area contributed by atoms with Gasteiger partial charge in [-0.15, -0.1) is 0 Å². The summed E-state index contributed by atoms with van der Waals surface area (Å²) in [5.74, 6) is 6.06. The Balaban J connectivity index is 0.942. The number of hydrogen-bond acceptors (Lipinski definition) is 1. The molecule has 0 spiro atoms. The summed E-state index contributed by atoms with van der Waals surface area (Å²) in [5.41, 5.74) is 6.27. The topological polar surface area (TPSA) is 0 Å². The molecule has 12 atom stereocenters. The van der Waals surface area contributed by atoms with Crippen LogP contribution in [0.4, 0.5) is 0 Å². The molecule has 0 radical (unpaired) electrons. The molecule has 8 rings (SSSR count). The van der Waals surface area contributed by atoms with Gasteiger partial charge in [0.15, 0.2) is 0 Å². The Morgan fingerprint density at radius 3 is 1.46 bits per heavy atom. The van der Waals surface area contributed by atoms with Crippen LogP contribution in [0.2, 0.25) is 0 Å². The molecule has 0 aliphatic heterocycles. The molecule has 39 heavy (non-hydrogen) atoms. The fraction of sp³-hybridized carbons (Fsp3) is 0.895. The van der Waals surface area contributed by atoms with Crippen LogP contribution in [-0.4, -0.2) is 10.5 Å². The summed E-state index contributed by atoms with van der Waals surface area (Å²) < 4.78 is 0. The number of thioether (sulfide) groups is 1. The summed E-state index contributed by atoms with van der Waals surface area (Å²) in [5, 5.41) is 1.78. The Hall–Kier alpha value is -0.170. The van der Waals surface area contributed by atoms with Crippen molar-refractivity contribution < 1.29 is 0 Å². The van der Waals surface area contributed by atoms with Crippen molar-refractivity contribution in [2.75, 3.05) is 0 Å². The maximum absolute atomic E-state index is 2.82. The van der Waals surface area contributed by atoms with E-state index in [-0.39, 0.29) is 0 Å². The first-order chi connectivity index (χ1) is 18.7. The lowest BCUT2D eigenvalue weighted by Crippen LogP contribution is -2.49. The molecule has 0 N–H and O–H groups in total. The lowest BCUT2D eigenvalue weighted by molar-refractivity contribution is -0.0249. The second kappa shape index (κ2) is 9.16. The average molecular weight is 547 g/mol. The zero-order valence-electron chi connectivity index (χ0n) is 25.9. The van der Waals surface area contributed by atoms with E-state index in [0.717, 1.165) is 46.0 Å². The van der Waals surface area contributed by atoms with E-state index >= 15 is 0 Å². The summed E-state index contributed by atoms with van der Waals surface area (Å²) in [7, 11) is 0. The summed E-state index contributed by atoms with van der Waals surface area (Å²) in [6.45, 7) is 10.8. The van der Waals surface area contributed by atoms with Gasteiger partial charge in [0.1, 0.15) is 0 Å². The van der Waals surface area contributed by atoms with Crippen molar-refractivity contribution in [3.8, 4) is 0 Å². The first-order valence-corrected chi connectivity index (χ1v) is 18.7. The Kier molecular flexibility index (Phi) is 6.22. The third kappa shape index (κ3) is 3.88. The van der Waals surface area contributed by atoms with Crippen LogP contribution < -0.4 is 0 Å². The highest BCUT2D eigenvalue weighted by atomic mass is 32.2. The number of fused-ring (bicyclic) bond motifs is 10. The molecule has 0 nitrogen and oxygen atoms in total. The van der Waals surface area contributed by atoms with Gasteiger partial charge in [-0.1, -0.05) is 63.8 Å². The molecule has 0 saturated heterocycles. The van der Waals surface area contributed by atoms with Gasteiger partial charge in [0.2, 0.25) is 0 Å². The van der Waals surface area contributed by atoms with Crippen LogP contribution in [0.3, 0.4) is 0 Å². The SMILES string of the molecule is C[C@@]12CCC[C@@H]1[C@@H]1CC=C3C[C@@H](S[C@@H]4CC[C@@]5(C)C(=CC[C@H]6[C@@H]7CCC[C@@]7(C)CC[C@@H]65)C4)CC[C@]3(C)[C@@H]1CC2. The van der Waals surface area contributed by atoms with Crippen molar-refractivity contribution in [3.63, 3.8) is 0 Å². The minimum Gasteiger partial charge on any atom is -0.154 e. The highest BCUT2D eigenvalue weighted by Crippen LogP contribution is 2.67. The van der Waals surface area contributed by atoms with Crippen molar-refractivity contribution in [1.82, 2.24) is 0 Å². The van der Waals surface area contributed by atoms with Crippen molar-refractivity contribution in [2.24, 2.45) is 57.2 Å². The quantitative estimate of drug-likeness (QED) is 0.310. The molecule has 0 aromatic heterocycles. The second-order valence-corrected chi connectivity index (χ2v) is 19.2. The van der Waals surface area contributed by atoms with E-state index in [1.165, 1.54) is 116 Å². The Bertz CT molecular complexity index is 971. The van der Waals surface area contributed by atoms with Gasteiger partial charge >= 0.3 is 0 Å². The summed E-state index contributed by atoms with van der Waals surface area (Å²) in [4.78, 5) is 0. The fourth-order valence-corrected chi connectivity index (χ4v) is 15.3. The van der Waals surface area contributed by atoms with Gasteiger partial charge < -0.3 is 0 Å². The average Bonchev–Trinajstić information content (AvgIpc) is 3.51. The predicted octanol–water partition coefficient (Wildman–Crippen LogP) is 11.2. The molecule has 0 aromatic carbocycles. The third-order valence-corrected chi connectivity index (χ3v) is 17.6. The van der Waals surface area contributed by atoms with Gasteiger partial charge in [-0.2, -0.15) is 11.8 Å². The molecule has 1 heteroatoms. The van der Waals surface area contributed by atoms with Crippen molar-refractivity contribution in [2.45, 2.75) is 154 Å². The van der Waals surface area contributed by atoms with Gasteiger partial charge in [0.05, 0.1) is 0 Å². The summed E-state index contributed by atoms with van der Waals surface area (Å²) in [6, 6.07) is 0. The monoisotopic (exact) mass is 546 g/mol. The molecule has 216 valence electrons. The van der Waals surface area contributed by atoms with Crippen molar-refractivity contribution in [3.05, 3.63) is 23.3 Å². The molecule has 8 aliphatic carbocycles. The van der Waals surface area contributed by atoms with Crippen molar-refractivity contribution >= 4 is 11.8 Å². The van der Waals surface area contributed by atoms with E-state index in [2.05, 4.69) is 51.6 Å². The molecule has 6 saturated carbocycles. The highest BCUT2D eigenvalue weighted by Gasteiger charge is 2.57. The minimum absolute atomic E-state index is 0.533. The molecule has 0 unspecified atom stereocenters. The summed E-state index contributed by atoms with van der Waals surface area (Å²) in [6.07, 6.45) is 32.5. The molecule has 8 aliphatic rings. The Morgan fingerprint density at radius 2 is 1.00 bits per heavy atom. The molecule has 0 amide bonds. The largest absolute Gasteiger partial charge is 0.154 e. The van der Waals surface area contributed by atoms with E-state index in [1.807, 2.05) is 11.1 Å². The number of rotatable bonds is 2. The van der Waals surface area contributed by atoms with Gasteiger partial charge in [-0.3, -0.25) is 0 Å². The van der Waals surface area contributed by atoms with Crippen LogP contribution in [0.1, 0.15) is 143 Å². The maximum Gasteiger partial charge on any atom is 0.00876 e. The Labute approximate surface area is 245 Å². The van der Waals surface area contributed by atoms with E-state index in [1.54, 1.807) is 0 Å². The van der Waals surface area contributed by atoms with Crippen molar-refractivity contribution in [1.29, 1.82) is 0 Å². The van der Waals surface area contributed by atoms with E-state index in [4.69, 9.17) is 0 Å².